The molecule has 6 heteroatoms. The first kappa shape index (κ1) is 18.5. The second kappa shape index (κ2) is 6.66. The van der Waals surface area contributed by atoms with Gasteiger partial charge in [-0.25, -0.2) is 13.2 Å². The third kappa shape index (κ3) is 2.98. The van der Waals surface area contributed by atoms with Crippen molar-refractivity contribution in [2.24, 2.45) is 17.8 Å². The van der Waals surface area contributed by atoms with Crippen LogP contribution in [0, 0.1) is 17.8 Å². The Bertz CT molecular complexity index is 903. The van der Waals surface area contributed by atoms with Gasteiger partial charge in [0.05, 0.1) is 16.2 Å². The number of hydrogen-bond donors (Lipinski definition) is 0. The number of carbonyl (C=O) groups is 1. The smallest absolute Gasteiger partial charge is 0.336 e. The molecule has 0 bridgehead atoms. The SMILES string of the molecule is CC(C)[C@H]1CC[C@@H](C)C[C@H]1OC(=O)C1=C2c3ccccc3S(=O)(=O)N2CC1. The minimum Gasteiger partial charge on any atom is -0.459 e. The molecule has 0 unspecified atom stereocenters. The van der Waals surface area contributed by atoms with E-state index in [-0.39, 0.29) is 17.0 Å². The van der Waals surface area contributed by atoms with Gasteiger partial charge in [0.2, 0.25) is 0 Å². The summed E-state index contributed by atoms with van der Waals surface area (Å²) in [6, 6.07) is 6.91. The van der Waals surface area contributed by atoms with Crippen LogP contribution in [-0.2, 0) is 19.6 Å². The fourth-order valence-electron chi connectivity index (χ4n) is 4.79. The maximum Gasteiger partial charge on any atom is 0.336 e. The zero-order valence-electron chi connectivity index (χ0n) is 16.1. The number of rotatable bonds is 3. The molecule has 3 atom stereocenters. The van der Waals surface area contributed by atoms with E-state index in [4.69, 9.17) is 4.74 Å². The maximum absolute atomic E-state index is 13.1. The van der Waals surface area contributed by atoms with Crippen LogP contribution in [0.5, 0.6) is 0 Å². The van der Waals surface area contributed by atoms with Gasteiger partial charge in [-0.15, -0.1) is 0 Å². The molecular weight excluding hydrogens is 362 g/mol. The second-order valence-electron chi connectivity index (χ2n) is 8.42. The van der Waals surface area contributed by atoms with Gasteiger partial charge in [-0.05, 0) is 36.7 Å². The Morgan fingerprint density at radius 1 is 1.22 bits per heavy atom. The summed E-state index contributed by atoms with van der Waals surface area (Å²) >= 11 is 0. The molecule has 0 aromatic heterocycles. The molecule has 2 aliphatic heterocycles. The second-order valence-corrected chi connectivity index (χ2v) is 10.3. The zero-order chi connectivity index (χ0) is 19.3. The molecule has 146 valence electrons. The summed E-state index contributed by atoms with van der Waals surface area (Å²) < 4.78 is 32.9. The van der Waals surface area contributed by atoms with E-state index in [0.29, 0.717) is 47.6 Å². The number of sulfonamides is 1. The summed E-state index contributed by atoms with van der Waals surface area (Å²) in [5.74, 6) is 1.03. The highest BCUT2D eigenvalue weighted by molar-refractivity contribution is 7.90. The van der Waals surface area contributed by atoms with E-state index in [1.807, 2.05) is 6.07 Å². The summed E-state index contributed by atoms with van der Waals surface area (Å²) in [5, 5.41) is 0. The predicted molar refractivity (Wildman–Crippen MR) is 103 cm³/mol. The van der Waals surface area contributed by atoms with Gasteiger partial charge in [0, 0.05) is 18.5 Å². The normalized spacial score (nSPS) is 29.0. The Hall–Kier alpha value is -1.82. The first-order chi connectivity index (χ1) is 12.8. The number of ether oxygens (including phenoxy) is 1. The Morgan fingerprint density at radius 2 is 1.96 bits per heavy atom. The molecule has 0 N–H and O–H groups in total. The van der Waals surface area contributed by atoms with E-state index in [9.17, 15) is 13.2 Å². The van der Waals surface area contributed by atoms with Crippen LogP contribution >= 0.6 is 0 Å². The molecule has 1 aromatic carbocycles. The van der Waals surface area contributed by atoms with Crippen molar-refractivity contribution in [1.29, 1.82) is 0 Å². The lowest BCUT2D eigenvalue weighted by atomic mass is 9.75. The van der Waals surface area contributed by atoms with E-state index in [1.165, 1.54) is 10.7 Å². The number of fused-ring (bicyclic) bond motifs is 3. The molecular formula is C21H27NO4S. The third-order valence-electron chi connectivity index (χ3n) is 6.28. The quantitative estimate of drug-likeness (QED) is 0.738. The van der Waals surface area contributed by atoms with Gasteiger partial charge in [0.25, 0.3) is 10.0 Å². The largest absolute Gasteiger partial charge is 0.459 e. The highest BCUT2D eigenvalue weighted by atomic mass is 32.2. The molecule has 1 fully saturated rings. The van der Waals surface area contributed by atoms with E-state index in [1.54, 1.807) is 18.2 Å². The molecule has 27 heavy (non-hydrogen) atoms. The van der Waals surface area contributed by atoms with Crippen molar-refractivity contribution in [1.82, 2.24) is 4.31 Å². The summed E-state index contributed by atoms with van der Waals surface area (Å²) in [4.78, 5) is 13.3. The minimum absolute atomic E-state index is 0.0864. The van der Waals surface area contributed by atoms with Gasteiger partial charge in [0.1, 0.15) is 6.10 Å². The Labute approximate surface area is 161 Å². The van der Waals surface area contributed by atoms with Crippen molar-refractivity contribution < 1.29 is 17.9 Å². The molecule has 0 radical (unpaired) electrons. The van der Waals surface area contributed by atoms with Crippen LogP contribution in [0.3, 0.4) is 0 Å². The monoisotopic (exact) mass is 389 g/mol. The van der Waals surface area contributed by atoms with Crippen LogP contribution in [-0.4, -0.2) is 31.3 Å². The van der Waals surface area contributed by atoms with E-state index < -0.39 is 10.0 Å². The minimum atomic E-state index is -3.55. The number of carbonyl (C=O) groups excluding carboxylic acids is 1. The molecule has 5 nitrogen and oxygen atoms in total. The van der Waals surface area contributed by atoms with Crippen LogP contribution in [0.2, 0.25) is 0 Å². The van der Waals surface area contributed by atoms with Crippen LogP contribution in [0.25, 0.3) is 5.70 Å². The average molecular weight is 390 g/mol. The molecule has 0 spiro atoms. The van der Waals surface area contributed by atoms with Gasteiger partial charge in [0.15, 0.2) is 0 Å². The van der Waals surface area contributed by atoms with E-state index in [2.05, 4.69) is 20.8 Å². The molecule has 1 aromatic rings. The maximum atomic E-state index is 13.1. The summed E-state index contributed by atoms with van der Waals surface area (Å²) in [7, 11) is -3.55. The van der Waals surface area contributed by atoms with Gasteiger partial charge in [-0.2, -0.15) is 0 Å². The molecule has 1 saturated carbocycles. The molecule has 0 amide bonds. The van der Waals surface area contributed by atoms with Gasteiger partial charge in [-0.1, -0.05) is 45.4 Å². The standard InChI is InChI=1S/C21H27NO4S/c1-13(2)15-9-8-14(3)12-18(15)26-21(23)17-10-11-22-20(17)16-6-4-5-7-19(16)27(22,24)25/h4-7,13-15,18H,8-12H2,1-3H3/t14-,15-,18-/m1/s1. The fourth-order valence-corrected chi connectivity index (χ4v) is 6.51. The lowest BCUT2D eigenvalue weighted by Gasteiger charge is -2.36. The number of benzene rings is 1. The van der Waals surface area contributed by atoms with Crippen LogP contribution in [0.15, 0.2) is 34.7 Å². The number of esters is 1. The molecule has 1 aliphatic carbocycles. The van der Waals surface area contributed by atoms with Crippen molar-refractivity contribution >= 4 is 21.7 Å². The Balaban J connectivity index is 1.66. The lowest BCUT2D eigenvalue weighted by Crippen LogP contribution is -2.36. The van der Waals surface area contributed by atoms with Crippen molar-refractivity contribution in [3.63, 3.8) is 0 Å². The zero-order valence-corrected chi connectivity index (χ0v) is 17.0. The van der Waals surface area contributed by atoms with Crippen molar-refractivity contribution in [2.75, 3.05) is 6.54 Å². The summed E-state index contributed by atoms with van der Waals surface area (Å²) in [6.07, 6.45) is 3.46. The lowest BCUT2D eigenvalue weighted by molar-refractivity contribution is -0.151. The van der Waals surface area contributed by atoms with Gasteiger partial charge >= 0.3 is 5.97 Å². The van der Waals surface area contributed by atoms with Crippen molar-refractivity contribution in [3.05, 3.63) is 35.4 Å². The van der Waals surface area contributed by atoms with Crippen LogP contribution < -0.4 is 0 Å². The Morgan fingerprint density at radius 3 is 2.70 bits per heavy atom. The number of hydrogen-bond acceptors (Lipinski definition) is 4. The van der Waals surface area contributed by atoms with E-state index in [0.717, 1.165) is 12.8 Å². The molecule has 3 aliphatic rings. The fraction of sp³-hybridized carbons (Fsp3) is 0.571. The highest BCUT2D eigenvalue weighted by Gasteiger charge is 2.45. The Kier molecular flexibility index (Phi) is 4.57. The van der Waals surface area contributed by atoms with Gasteiger partial charge in [-0.3, -0.25) is 4.31 Å². The number of nitrogens with zero attached hydrogens (tertiary/aromatic N) is 1. The van der Waals surface area contributed by atoms with Crippen LogP contribution in [0.1, 0.15) is 52.0 Å². The van der Waals surface area contributed by atoms with Crippen molar-refractivity contribution in [2.45, 2.75) is 57.5 Å². The molecule has 4 rings (SSSR count). The van der Waals surface area contributed by atoms with E-state index >= 15 is 0 Å². The summed E-state index contributed by atoms with van der Waals surface area (Å²) in [5.41, 5.74) is 1.66. The third-order valence-corrected chi connectivity index (χ3v) is 8.13. The highest BCUT2D eigenvalue weighted by Crippen LogP contribution is 2.45. The first-order valence-corrected chi connectivity index (χ1v) is 11.3. The van der Waals surface area contributed by atoms with Crippen LogP contribution in [0.4, 0.5) is 0 Å². The predicted octanol–water partition coefficient (Wildman–Crippen LogP) is 3.81. The summed E-state index contributed by atoms with van der Waals surface area (Å²) in [6.45, 7) is 6.88. The topological polar surface area (TPSA) is 63.7 Å². The molecule has 2 heterocycles. The van der Waals surface area contributed by atoms with Crippen molar-refractivity contribution in [3.8, 4) is 0 Å². The van der Waals surface area contributed by atoms with Gasteiger partial charge < -0.3 is 4.74 Å². The average Bonchev–Trinajstić information content (AvgIpc) is 3.15. The molecule has 0 saturated heterocycles. The first-order valence-electron chi connectivity index (χ1n) is 9.87.